The van der Waals surface area contributed by atoms with E-state index in [9.17, 15) is 0 Å². The molecule has 0 N–H and O–H groups in total. The molecule has 7 rings (SSSR count). The van der Waals surface area contributed by atoms with E-state index in [-0.39, 0.29) is 0 Å². The number of hydrogen-bond donors (Lipinski definition) is 0. The lowest BCUT2D eigenvalue weighted by atomic mass is 9.76. The van der Waals surface area contributed by atoms with Crippen LogP contribution in [0.2, 0.25) is 0 Å². The molecule has 0 saturated carbocycles. The lowest BCUT2D eigenvalue weighted by Crippen LogP contribution is -2.43. The van der Waals surface area contributed by atoms with Gasteiger partial charge < -0.3 is 23.5 Å². The Hall–Kier alpha value is -4.85. The van der Waals surface area contributed by atoms with Gasteiger partial charge in [0.25, 0.3) is 0 Å². The van der Waals surface area contributed by atoms with Crippen LogP contribution in [0.3, 0.4) is 0 Å². The minimum absolute atomic E-state index is 0.357. The van der Waals surface area contributed by atoms with Crippen molar-refractivity contribution in [2.24, 2.45) is 0 Å². The Bertz CT molecular complexity index is 1780. The summed E-state index contributed by atoms with van der Waals surface area (Å²) >= 11 is 0. The van der Waals surface area contributed by atoms with Crippen molar-refractivity contribution in [1.29, 1.82) is 0 Å². The van der Waals surface area contributed by atoms with Gasteiger partial charge in [-0.05, 0) is 41.7 Å². The molecule has 0 aliphatic carbocycles. The minimum atomic E-state index is -0.791. The lowest BCUT2D eigenvalue weighted by Gasteiger charge is -2.40. The first-order valence-electron chi connectivity index (χ1n) is 16.9. The normalized spacial score (nSPS) is 17.1. The van der Waals surface area contributed by atoms with E-state index >= 15 is 0 Å². The van der Waals surface area contributed by atoms with Crippen LogP contribution >= 0.6 is 0 Å². The molecule has 2 heterocycles. The number of benzene rings is 5. The quantitative estimate of drug-likeness (QED) is 0.117. The van der Waals surface area contributed by atoms with Crippen LogP contribution in [-0.4, -0.2) is 34.2 Å². The molecule has 0 bridgehead atoms. The smallest absolute Gasteiger partial charge is 0.163 e. The van der Waals surface area contributed by atoms with Gasteiger partial charge in [-0.25, -0.2) is 4.98 Å². The molecule has 5 aromatic carbocycles. The van der Waals surface area contributed by atoms with E-state index in [4.69, 9.17) is 23.9 Å². The first-order valence-corrected chi connectivity index (χ1v) is 16.9. The number of nitrogens with zero attached hydrogens (tertiary/aromatic N) is 2. The first-order chi connectivity index (χ1) is 24.0. The molecule has 49 heavy (non-hydrogen) atoms. The fourth-order valence-corrected chi connectivity index (χ4v) is 6.87. The fourth-order valence-electron chi connectivity index (χ4n) is 6.87. The highest BCUT2D eigenvalue weighted by Gasteiger charge is 2.47. The van der Waals surface area contributed by atoms with Crippen LogP contribution in [0.1, 0.15) is 53.6 Å². The number of rotatable bonds is 13. The van der Waals surface area contributed by atoms with Gasteiger partial charge >= 0.3 is 0 Å². The average molecular weight is 651 g/mol. The van der Waals surface area contributed by atoms with E-state index in [1.165, 1.54) is 0 Å². The molecule has 6 nitrogen and oxygen atoms in total. The second-order valence-corrected chi connectivity index (χ2v) is 12.8. The largest absolute Gasteiger partial charge is 0.368 e. The maximum Gasteiger partial charge on any atom is 0.163 e. The highest BCUT2D eigenvalue weighted by Crippen LogP contribution is 2.44. The summed E-state index contributed by atoms with van der Waals surface area (Å²) in [6.45, 7) is 4.97. The Kier molecular flexibility index (Phi) is 9.82. The van der Waals surface area contributed by atoms with Crippen LogP contribution in [0.5, 0.6) is 0 Å². The molecule has 1 fully saturated rings. The van der Waals surface area contributed by atoms with Gasteiger partial charge in [0.1, 0.15) is 29.7 Å². The van der Waals surface area contributed by atoms with E-state index in [0.29, 0.717) is 19.8 Å². The zero-order chi connectivity index (χ0) is 33.5. The average Bonchev–Trinajstić information content (AvgIpc) is 3.78. The molecule has 0 unspecified atom stereocenters. The summed E-state index contributed by atoms with van der Waals surface area (Å²) in [7, 11) is 0. The minimum Gasteiger partial charge on any atom is -0.368 e. The van der Waals surface area contributed by atoms with Crippen molar-refractivity contribution in [3.63, 3.8) is 0 Å². The van der Waals surface area contributed by atoms with Crippen LogP contribution in [0.15, 0.2) is 164 Å². The highest BCUT2D eigenvalue weighted by atomic mass is 16.8. The standard InChI is InChI=1S/C43H42N2O4/c1-42(2)48-32-38(49-42)39(46-30-33-18-8-3-9-19-33)40(47-31-34-20-10-4-11-21-34)41-44-28-29-45(41)43(35-22-12-5-13-23-35,36-24-14-6-15-25-36)37-26-16-7-17-27-37/h3-29,38-40H,30-32H2,1-2H3/t38-,39+,40+/m1/s1. The van der Waals surface area contributed by atoms with Gasteiger partial charge in [0, 0.05) is 12.4 Å². The molecule has 1 aliphatic heterocycles. The third kappa shape index (κ3) is 7.00. The highest BCUT2D eigenvalue weighted by molar-refractivity contribution is 5.51. The SMILES string of the molecule is CC1(C)OC[C@H]([C@H](OCc2ccccc2)[C@H](OCc2ccccc2)c2nccn2C(c2ccccc2)(c2ccccc2)c2ccccc2)O1. The van der Waals surface area contributed by atoms with Crippen molar-refractivity contribution in [3.8, 4) is 0 Å². The van der Waals surface area contributed by atoms with Gasteiger partial charge in [0.05, 0.1) is 19.8 Å². The van der Waals surface area contributed by atoms with Crippen molar-refractivity contribution in [2.75, 3.05) is 6.61 Å². The van der Waals surface area contributed by atoms with Gasteiger partial charge in [-0.3, -0.25) is 0 Å². The summed E-state index contributed by atoms with van der Waals surface area (Å²) in [6, 6.07) is 52.2. The van der Waals surface area contributed by atoms with Gasteiger partial charge in [0.2, 0.25) is 0 Å². The maximum atomic E-state index is 7.00. The van der Waals surface area contributed by atoms with E-state index in [1.54, 1.807) is 0 Å². The van der Waals surface area contributed by atoms with Crippen LogP contribution in [0.25, 0.3) is 0 Å². The second kappa shape index (κ2) is 14.7. The number of imidazole rings is 1. The van der Waals surface area contributed by atoms with Crippen LogP contribution in [-0.2, 0) is 37.7 Å². The summed E-state index contributed by atoms with van der Waals surface area (Å²) < 4.78 is 28.8. The summed E-state index contributed by atoms with van der Waals surface area (Å²) in [5, 5.41) is 0. The molecular weight excluding hydrogens is 608 g/mol. The third-order valence-electron chi connectivity index (χ3n) is 9.11. The van der Waals surface area contributed by atoms with Crippen molar-refractivity contribution in [3.05, 3.63) is 198 Å². The van der Waals surface area contributed by atoms with Crippen LogP contribution < -0.4 is 0 Å². The Morgan fingerprint density at radius 3 is 1.57 bits per heavy atom. The number of aromatic nitrogens is 2. The summed E-state index contributed by atoms with van der Waals surface area (Å²) in [5.74, 6) is -0.0424. The molecule has 3 atom stereocenters. The Morgan fingerprint density at radius 1 is 0.673 bits per heavy atom. The Balaban J connectivity index is 1.42. The zero-order valence-corrected chi connectivity index (χ0v) is 28.0. The summed E-state index contributed by atoms with van der Waals surface area (Å²) in [5.41, 5.74) is 4.60. The van der Waals surface area contributed by atoms with Crippen molar-refractivity contribution >= 4 is 0 Å². The zero-order valence-electron chi connectivity index (χ0n) is 28.0. The third-order valence-corrected chi connectivity index (χ3v) is 9.11. The van der Waals surface area contributed by atoms with Gasteiger partial charge in [0.15, 0.2) is 5.79 Å². The second-order valence-electron chi connectivity index (χ2n) is 12.8. The molecule has 0 radical (unpaired) electrons. The molecule has 0 spiro atoms. The predicted octanol–water partition coefficient (Wildman–Crippen LogP) is 8.72. The van der Waals surface area contributed by atoms with Gasteiger partial charge in [-0.15, -0.1) is 0 Å². The van der Waals surface area contributed by atoms with E-state index in [1.807, 2.05) is 56.4 Å². The van der Waals surface area contributed by atoms with E-state index in [2.05, 4.69) is 126 Å². The van der Waals surface area contributed by atoms with E-state index in [0.717, 1.165) is 33.6 Å². The van der Waals surface area contributed by atoms with Crippen molar-refractivity contribution < 1.29 is 18.9 Å². The van der Waals surface area contributed by atoms with Crippen LogP contribution in [0, 0.1) is 0 Å². The van der Waals surface area contributed by atoms with Crippen molar-refractivity contribution in [1.82, 2.24) is 9.55 Å². The molecule has 1 aromatic heterocycles. The first kappa shape index (κ1) is 32.7. The maximum absolute atomic E-state index is 7.00. The molecule has 6 heteroatoms. The topological polar surface area (TPSA) is 54.7 Å². The van der Waals surface area contributed by atoms with Gasteiger partial charge in [-0.1, -0.05) is 152 Å². The molecule has 6 aromatic rings. The molecule has 248 valence electrons. The summed E-state index contributed by atoms with van der Waals surface area (Å²) in [6.07, 6.45) is 2.31. The van der Waals surface area contributed by atoms with E-state index < -0.39 is 29.6 Å². The van der Waals surface area contributed by atoms with Crippen LogP contribution in [0.4, 0.5) is 0 Å². The monoisotopic (exact) mass is 650 g/mol. The molecule has 0 amide bonds. The number of ether oxygens (including phenoxy) is 4. The van der Waals surface area contributed by atoms with Crippen molar-refractivity contribution in [2.45, 2.75) is 56.7 Å². The fraction of sp³-hybridized carbons (Fsp3) is 0.233. The Morgan fingerprint density at radius 2 is 1.12 bits per heavy atom. The van der Waals surface area contributed by atoms with Gasteiger partial charge in [-0.2, -0.15) is 0 Å². The number of hydrogen-bond acceptors (Lipinski definition) is 5. The lowest BCUT2D eigenvalue weighted by molar-refractivity contribution is -0.182. The summed E-state index contributed by atoms with van der Waals surface area (Å²) in [4.78, 5) is 5.12. The molecule has 1 saturated heterocycles. The molecular formula is C43H42N2O4. The predicted molar refractivity (Wildman–Crippen MR) is 191 cm³/mol. The Labute approximate surface area is 288 Å². The molecule has 1 aliphatic rings.